The summed E-state index contributed by atoms with van der Waals surface area (Å²) in [5.74, 6) is -0.0555. The van der Waals surface area contributed by atoms with Gasteiger partial charge in [0.2, 0.25) is 5.91 Å². The number of nitrogens with one attached hydrogen (secondary N) is 1. The molecule has 0 aromatic rings. The Morgan fingerprint density at radius 1 is 1.33 bits per heavy atom. The highest BCUT2D eigenvalue weighted by Gasteiger charge is 2.38. The summed E-state index contributed by atoms with van der Waals surface area (Å²) < 4.78 is 9.83. The summed E-state index contributed by atoms with van der Waals surface area (Å²) in [4.78, 5) is 36.9. The van der Waals surface area contributed by atoms with Crippen molar-refractivity contribution in [3.63, 3.8) is 0 Å². The minimum atomic E-state index is -0.756. The average molecular weight is 318 g/mol. The van der Waals surface area contributed by atoms with Gasteiger partial charge in [-0.25, -0.2) is 9.59 Å². The second kappa shape index (κ2) is 7.02. The van der Waals surface area contributed by atoms with Crippen LogP contribution in [0, 0.1) is 0 Å². The first-order valence-corrected chi connectivity index (χ1v) is 7.76. The Kier molecular flexibility index (Phi) is 5.88. The first kappa shape index (κ1) is 17.6. The SMILES string of the molecule is COC(=O)[C@H](C)NC(=O)[C@H]1CSCN1C(=O)OC(C)(C)C. The van der Waals surface area contributed by atoms with E-state index in [1.807, 2.05) is 0 Å². The Bertz CT molecular complexity index is 421. The molecule has 2 amide bonds. The Morgan fingerprint density at radius 3 is 2.48 bits per heavy atom. The van der Waals surface area contributed by atoms with E-state index in [-0.39, 0.29) is 5.91 Å². The topological polar surface area (TPSA) is 84.9 Å². The Hall–Kier alpha value is -1.44. The molecular weight excluding hydrogens is 296 g/mol. The summed E-state index contributed by atoms with van der Waals surface area (Å²) in [5.41, 5.74) is -0.620. The first-order valence-electron chi connectivity index (χ1n) is 6.61. The van der Waals surface area contributed by atoms with E-state index in [9.17, 15) is 14.4 Å². The number of carbonyl (C=O) groups excluding carboxylic acids is 3. The lowest BCUT2D eigenvalue weighted by atomic mass is 10.2. The number of amides is 2. The Labute approximate surface area is 128 Å². The van der Waals surface area contributed by atoms with E-state index in [1.165, 1.54) is 30.7 Å². The van der Waals surface area contributed by atoms with Crippen LogP contribution in [0.3, 0.4) is 0 Å². The molecule has 1 aliphatic rings. The number of thioether (sulfide) groups is 1. The highest BCUT2D eigenvalue weighted by Crippen LogP contribution is 2.23. The van der Waals surface area contributed by atoms with Gasteiger partial charge in [0.1, 0.15) is 17.7 Å². The minimum Gasteiger partial charge on any atom is -0.467 e. The fourth-order valence-corrected chi connectivity index (χ4v) is 2.85. The molecule has 0 spiro atoms. The number of ether oxygens (including phenoxy) is 2. The van der Waals surface area contributed by atoms with Crippen LogP contribution in [-0.2, 0) is 19.1 Å². The smallest absolute Gasteiger partial charge is 0.411 e. The van der Waals surface area contributed by atoms with Crippen molar-refractivity contribution >= 4 is 29.7 Å². The third-order valence-corrected chi connectivity index (χ3v) is 3.74. The summed E-state index contributed by atoms with van der Waals surface area (Å²) in [6.07, 6.45) is -0.529. The van der Waals surface area contributed by atoms with Gasteiger partial charge in [0, 0.05) is 5.75 Å². The molecule has 7 nitrogen and oxygen atoms in total. The summed E-state index contributed by atoms with van der Waals surface area (Å²) in [5, 5.41) is 2.54. The molecule has 8 heteroatoms. The average Bonchev–Trinajstić information content (AvgIpc) is 2.84. The van der Waals surface area contributed by atoms with Gasteiger partial charge in [-0.2, -0.15) is 0 Å². The van der Waals surface area contributed by atoms with Gasteiger partial charge >= 0.3 is 12.1 Å². The van der Waals surface area contributed by atoms with E-state index in [2.05, 4.69) is 10.1 Å². The van der Waals surface area contributed by atoms with Gasteiger partial charge in [0.15, 0.2) is 0 Å². The summed E-state index contributed by atoms with van der Waals surface area (Å²) in [6.45, 7) is 6.83. The van der Waals surface area contributed by atoms with Gasteiger partial charge in [-0.1, -0.05) is 0 Å². The fraction of sp³-hybridized carbons (Fsp3) is 0.769. The van der Waals surface area contributed by atoms with Crippen molar-refractivity contribution in [2.75, 3.05) is 18.7 Å². The molecule has 0 aromatic carbocycles. The lowest BCUT2D eigenvalue weighted by Crippen LogP contribution is -2.52. The van der Waals surface area contributed by atoms with E-state index >= 15 is 0 Å². The standard InChI is InChI=1S/C13H22N2O5S/c1-8(11(17)19-5)14-10(16)9-6-21-7-15(9)12(18)20-13(2,3)4/h8-9H,6-7H2,1-5H3,(H,14,16)/t8-,9+/m0/s1. The maximum absolute atomic E-state index is 12.2. The number of nitrogens with zero attached hydrogens (tertiary/aromatic N) is 1. The van der Waals surface area contributed by atoms with Crippen LogP contribution >= 0.6 is 11.8 Å². The molecule has 0 saturated carbocycles. The molecule has 1 fully saturated rings. The maximum Gasteiger partial charge on any atom is 0.411 e. The zero-order valence-electron chi connectivity index (χ0n) is 13.0. The van der Waals surface area contributed by atoms with Crippen LogP contribution in [-0.4, -0.2) is 59.3 Å². The van der Waals surface area contributed by atoms with Crippen molar-refractivity contribution in [2.45, 2.75) is 45.4 Å². The van der Waals surface area contributed by atoms with Gasteiger partial charge in [-0.15, -0.1) is 11.8 Å². The fourth-order valence-electron chi connectivity index (χ4n) is 1.71. The van der Waals surface area contributed by atoms with E-state index in [4.69, 9.17) is 4.74 Å². The molecular formula is C13H22N2O5S. The third-order valence-electron chi connectivity index (χ3n) is 2.73. The van der Waals surface area contributed by atoms with Crippen LogP contribution in [0.1, 0.15) is 27.7 Å². The lowest BCUT2D eigenvalue weighted by molar-refractivity contribution is -0.145. The van der Waals surface area contributed by atoms with E-state index < -0.39 is 29.7 Å². The van der Waals surface area contributed by atoms with Gasteiger partial charge in [0.25, 0.3) is 0 Å². The van der Waals surface area contributed by atoms with Crippen molar-refractivity contribution in [2.24, 2.45) is 0 Å². The molecule has 1 rings (SSSR count). The van der Waals surface area contributed by atoms with Crippen molar-refractivity contribution in [3.05, 3.63) is 0 Å². The van der Waals surface area contributed by atoms with Gasteiger partial charge < -0.3 is 14.8 Å². The maximum atomic E-state index is 12.2. The van der Waals surface area contributed by atoms with Crippen molar-refractivity contribution in [1.29, 1.82) is 0 Å². The quantitative estimate of drug-likeness (QED) is 0.781. The normalized spacial score (nSPS) is 19.9. The van der Waals surface area contributed by atoms with E-state index in [0.717, 1.165) is 0 Å². The van der Waals surface area contributed by atoms with Crippen molar-refractivity contribution in [3.8, 4) is 0 Å². The van der Waals surface area contributed by atoms with Crippen molar-refractivity contribution in [1.82, 2.24) is 10.2 Å². The number of methoxy groups -OCH3 is 1. The molecule has 120 valence electrons. The molecule has 1 heterocycles. The predicted octanol–water partition coefficient (Wildman–Crippen LogP) is 0.974. The molecule has 1 aliphatic heterocycles. The number of rotatable bonds is 3. The molecule has 0 aromatic heterocycles. The van der Waals surface area contributed by atoms with Gasteiger partial charge in [-0.3, -0.25) is 9.69 Å². The lowest BCUT2D eigenvalue weighted by Gasteiger charge is -2.27. The van der Waals surface area contributed by atoms with Crippen molar-refractivity contribution < 1.29 is 23.9 Å². The number of esters is 1. The second-order valence-electron chi connectivity index (χ2n) is 5.72. The van der Waals surface area contributed by atoms with Crippen LogP contribution in [0.5, 0.6) is 0 Å². The van der Waals surface area contributed by atoms with Crippen LogP contribution in [0.15, 0.2) is 0 Å². The highest BCUT2D eigenvalue weighted by atomic mass is 32.2. The summed E-state index contributed by atoms with van der Waals surface area (Å²) in [7, 11) is 1.25. The molecule has 0 unspecified atom stereocenters. The second-order valence-corrected chi connectivity index (χ2v) is 6.72. The number of hydrogen-bond donors (Lipinski definition) is 1. The summed E-state index contributed by atoms with van der Waals surface area (Å²) in [6, 6.07) is -1.40. The highest BCUT2D eigenvalue weighted by molar-refractivity contribution is 7.99. The largest absolute Gasteiger partial charge is 0.467 e. The predicted molar refractivity (Wildman–Crippen MR) is 78.8 cm³/mol. The Morgan fingerprint density at radius 2 is 1.95 bits per heavy atom. The van der Waals surface area contributed by atoms with Gasteiger partial charge in [0.05, 0.1) is 13.0 Å². The first-order chi connectivity index (χ1) is 9.65. The molecule has 0 aliphatic carbocycles. The van der Waals surface area contributed by atoms with Crippen LogP contribution in [0.2, 0.25) is 0 Å². The Balaban J connectivity index is 2.66. The van der Waals surface area contributed by atoms with E-state index in [1.54, 1.807) is 20.8 Å². The number of hydrogen-bond acceptors (Lipinski definition) is 6. The monoisotopic (exact) mass is 318 g/mol. The molecule has 2 atom stereocenters. The van der Waals surface area contributed by atoms with Crippen LogP contribution < -0.4 is 5.32 Å². The molecule has 21 heavy (non-hydrogen) atoms. The van der Waals surface area contributed by atoms with Crippen LogP contribution in [0.25, 0.3) is 0 Å². The third kappa shape index (κ3) is 5.11. The van der Waals surface area contributed by atoms with Gasteiger partial charge in [-0.05, 0) is 27.7 Å². The molecule has 0 radical (unpaired) electrons. The molecule has 0 bridgehead atoms. The minimum absolute atomic E-state index is 0.385. The molecule has 1 saturated heterocycles. The van der Waals surface area contributed by atoms with Crippen LogP contribution in [0.4, 0.5) is 4.79 Å². The zero-order chi connectivity index (χ0) is 16.2. The number of carbonyl (C=O) groups is 3. The molecule has 1 N–H and O–H groups in total. The summed E-state index contributed by atoms with van der Waals surface area (Å²) >= 11 is 1.46. The zero-order valence-corrected chi connectivity index (χ0v) is 13.8. The van der Waals surface area contributed by atoms with E-state index in [0.29, 0.717) is 11.6 Å².